The molecule has 3 heterocycles. The number of fused-ring (bicyclic) bond motifs is 1. The van der Waals surface area contributed by atoms with Gasteiger partial charge in [-0.15, -0.1) is 5.10 Å². The van der Waals surface area contributed by atoms with Crippen LogP contribution in [0.2, 0.25) is 0 Å². The third kappa shape index (κ3) is 2.97. The Morgan fingerprint density at radius 3 is 2.93 bits per heavy atom. The molecule has 0 saturated heterocycles. The minimum Gasteiger partial charge on any atom is -0.339 e. The van der Waals surface area contributed by atoms with Gasteiger partial charge < -0.3 is 10.3 Å². The molecule has 0 bridgehead atoms. The molecule has 1 aromatic carbocycles. The van der Waals surface area contributed by atoms with Gasteiger partial charge in [0.05, 0.1) is 23.4 Å². The van der Waals surface area contributed by atoms with Gasteiger partial charge in [-0.25, -0.2) is 4.68 Å². The largest absolute Gasteiger partial charge is 0.339 e. The molecule has 3 aromatic heterocycles. The van der Waals surface area contributed by atoms with Crippen molar-refractivity contribution in [1.82, 2.24) is 30.1 Å². The Hall–Kier alpha value is -3.13. The minimum atomic E-state index is 0.271. The van der Waals surface area contributed by atoms with Crippen molar-refractivity contribution in [2.24, 2.45) is 5.73 Å². The first-order valence-corrected chi connectivity index (χ1v) is 9.06. The van der Waals surface area contributed by atoms with E-state index in [0.717, 1.165) is 35.0 Å². The standard InChI is InChI=1S/C19H19N7O/c20-10-15-11-26(25-23-15)16-7-14(8-16)19-22-17(24-27-19)9-13-4-1-3-12-5-2-6-21-18(12)13/h1-6,11,14,16H,7-10,20H2. The monoisotopic (exact) mass is 361 g/mol. The Morgan fingerprint density at radius 2 is 2.07 bits per heavy atom. The molecule has 4 aromatic rings. The highest BCUT2D eigenvalue weighted by atomic mass is 16.5. The topological polar surface area (TPSA) is 109 Å². The van der Waals surface area contributed by atoms with E-state index in [-0.39, 0.29) is 5.92 Å². The normalized spacial score (nSPS) is 19.3. The van der Waals surface area contributed by atoms with Crippen molar-refractivity contribution in [2.75, 3.05) is 0 Å². The number of rotatable bonds is 5. The van der Waals surface area contributed by atoms with E-state index in [1.54, 1.807) is 0 Å². The van der Waals surface area contributed by atoms with Crippen LogP contribution in [0, 0.1) is 0 Å². The highest BCUT2D eigenvalue weighted by molar-refractivity contribution is 5.81. The smallest absolute Gasteiger partial charge is 0.229 e. The average molecular weight is 361 g/mol. The summed E-state index contributed by atoms with van der Waals surface area (Å²) in [7, 11) is 0. The number of aromatic nitrogens is 6. The maximum Gasteiger partial charge on any atom is 0.229 e. The fourth-order valence-electron chi connectivity index (χ4n) is 3.58. The zero-order valence-electron chi connectivity index (χ0n) is 14.7. The molecular formula is C19H19N7O. The van der Waals surface area contributed by atoms with Crippen molar-refractivity contribution in [1.29, 1.82) is 0 Å². The molecule has 8 nitrogen and oxygen atoms in total. The lowest BCUT2D eigenvalue weighted by Gasteiger charge is -2.32. The van der Waals surface area contributed by atoms with E-state index in [4.69, 9.17) is 10.3 Å². The van der Waals surface area contributed by atoms with Crippen molar-refractivity contribution >= 4 is 10.9 Å². The van der Waals surface area contributed by atoms with Gasteiger partial charge in [-0.3, -0.25) is 4.98 Å². The first-order chi connectivity index (χ1) is 13.3. The second-order valence-corrected chi connectivity index (χ2v) is 6.93. The first-order valence-electron chi connectivity index (χ1n) is 9.06. The molecule has 136 valence electrons. The van der Waals surface area contributed by atoms with E-state index >= 15 is 0 Å². The molecule has 27 heavy (non-hydrogen) atoms. The van der Waals surface area contributed by atoms with E-state index < -0.39 is 0 Å². The summed E-state index contributed by atoms with van der Waals surface area (Å²) in [6, 6.07) is 10.5. The van der Waals surface area contributed by atoms with Crippen LogP contribution < -0.4 is 5.73 Å². The predicted molar refractivity (Wildman–Crippen MR) is 97.8 cm³/mol. The highest BCUT2D eigenvalue weighted by Crippen LogP contribution is 2.43. The summed E-state index contributed by atoms with van der Waals surface area (Å²) in [5.41, 5.74) is 8.48. The van der Waals surface area contributed by atoms with Crippen LogP contribution in [0.3, 0.4) is 0 Å². The molecule has 8 heteroatoms. The van der Waals surface area contributed by atoms with E-state index in [0.29, 0.717) is 30.7 Å². The zero-order chi connectivity index (χ0) is 18.2. The van der Waals surface area contributed by atoms with E-state index in [2.05, 4.69) is 43.6 Å². The number of hydrogen-bond acceptors (Lipinski definition) is 7. The maximum atomic E-state index is 5.59. The van der Waals surface area contributed by atoms with Crippen LogP contribution in [0.25, 0.3) is 10.9 Å². The number of nitrogens with zero attached hydrogens (tertiary/aromatic N) is 6. The Labute approximate surface area is 155 Å². The van der Waals surface area contributed by atoms with Gasteiger partial charge in [-0.05, 0) is 24.5 Å². The summed E-state index contributed by atoms with van der Waals surface area (Å²) in [6.45, 7) is 0.409. The third-order valence-corrected chi connectivity index (χ3v) is 5.15. The minimum absolute atomic E-state index is 0.271. The second-order valence-electron chi connectivity index (χ2n) is 6.93. The Morgan fingerprint density at radius 1 is 1.19 bits per heavy atom. The lowest BCUT2D eigenvalue weighted by molar-refractivity contribution is 0.200. The van der Waals surface area contributed by atoms with Crippen LogP contribution in [0.15, 0.2) is 47.2 Å². The van der Waals surface area contributed by atoms with E-state index in [1.807, 2.05) is 29.2 Å². The van der Waals surface area contributed by atoms with Gasteiger partial charge in [0.25, 0.3) is 0 Å². The third-order valence-electron chi connectivity index (χ3n) is 5.15. The second kappa shape index (κ2) is 6.55. The number of para-hydroxylation sites is 1. The van der Waals surface area contributed by atoms with Crippen molar-refractivity contribution in [3.63, 3.8) is 0 Å². The summed E-state index contributed by atoms with van der Waals surface area (Å²) < 4.78 is 7.40. The average Bonchev–Trinajstić information content (AvgIpc) is 3.31. The van der Waals surface area contributed by atoms with Crippen LogP contribution in [-0.4, -0.2) is 30.1 Å². The Bertz CT molecular complexity index is 1080. The van der Waals surface area contributed by atoms with Crippen molar-refractivity contribution < 1.29 is 4.52 Å². The van der Waals surface area contributed by atoms with Crippen molar-refractivity contribution in [3.8, 4) is 0 Å². The molecule has 0 radical (unpaired) electrons. The lowest BCUT2D eigenvalue weighted by Crippen LogP contribution is -2.26. The molecule has 0 unspecified atom stereocenters. The van der Waals surface area contributed by atoms with Crippen LogP contribution in [0.5, 0.6) is 0 Å². The van der Waals surface area contributed by atoms with Gasteiger partial charge in [0, 0.05) is 30.5 Å². The number of hydrogen-bond donors (Lipinski definition) is 1. The number of nitrogens with two attached hydrogens (primary N) is 1. The zero-order valence-corrected chi connectivity index (χ0v) is 14.7. The molecule has 1 saturated carbocycles. The quantitative estimate of drug-likeness (QED) is 0.581. The van der Waals surface area contributed by atoms with Gasteiger partial charge in [0.1, 0.15) is 0 Å². The molecular weight excluding hydrogens is 342 g/mol. The summed E-state index contributed by atoms with van der Waals surface area (Å²) in [4.78, 5) is 9.10. The fraction of sp³-hybridized carbons (Fsp3) is 0.316. The highest BCUT2D eigenvalue weighted by Gasteiger charge is 2.36. The molecule has 1 aliphatic rings. The van der Waals surface area contributed by atoms with Crippen molar-refractivity contribution in [3.05, 3.63) is 65.7 Å². The van der Waals surface area contributed by atoms with E-state index in [1.165, 1.54) is 0 Å². The Kier molecular flexibility index (Phi) is 3.90. The molecule has 0 amide bonds. The predicted octanol–water partition coefficient (Wildman–Crippen LogP) is 2.38. The first kappa shape index (κ1) is 16.1. The van der Waals surface area contributed by atoms with Crippen LogP contribution >= 0.6 is 0 Å². The number of benzene rings is 1. The fourth-order valence-corrected chi connectivity index (χ4v) is 3.58. The maximum absolute atomic E-state index is 5.59. The molecule has 5 rings (SSSR count). The van der Waals surface area contributed by atoms with Crippen LogP contribution in [0.4, 0.5) is 0 Å². The summed E-state index contributed by atoms with van der Waals surface area (Å²) in [6.07, 6.45) is 6.17. The molecule has 0 aliphatic heterocycles. The van der Waals surface area contributed by atoms with Gasteiger partial charge in [-0.2, -0.15) is 4.98 Å². The lowest BCUT2D eigenvalue weighted by atomic mass is 9.80. The van der Waals surface area contributed by atoms with Crippen LogP contribution in [-0.2, 0) is 13.0 Å². The molecule has 1 fully saturated rings. The summed E-state index contributed by atoms with van der Waals surface area (Å²) in [5.74, 6) is 1.67. The molecule has 1 aliphatic carbocycles. The SMILES string of the molecule is NCc1cn(C2CC(c3nc(Cc4cccc5cccnc45)no3)C2)nn1. The summed E-state index contributed by atoms with van der Waals surface area (Å²) >= 11 is 0. The Balaban J connectivity index is 1.28. The van der Waals surface area contributed by atoms with Gasteiger partial charge in [-0.1, -0.05) is 34.6 Å². The van der Waals surface area contributed by atoms with Crippen molar-refractivity contribution in [2.45, 2.75) is 37.8 Å². The van der Waals surface area contributed by atoms with E-state index in [9.17, 15) is 0 Å². The molecule has 0 atom stereocenters. The van der Waals surface area contributed by atoms with Gasteiger partial charge in [0.15, 0.2) is 5.82 Å². The number of pyridine rings is 1. The molecule has 0 spiro atoms. The summed E-state index contributed by atoms with van der Waals surface area (Å²) in [5, 5.41) is 13.5. The molecule has 2 N–H and O–H groups in total. The van der Waals surface area contributed by atoms with Crippen LogP contribution in [0.1, 0.15) is 47.8 Å². The van der Waals surface area contributed by atoms with Gasteiger partial charge in [0.2, 0.25) is 5.89 Å². The van der Waals surface area contributed by atoms with Gasteiger partial charge >= 0.3 is 0 Å².